The van der Waals surface area contributed by atoms with Crippen LogP contribution in [0.2, 0.25) is 0 Å². The molecule has 0 bridgehead atoms. The first-order chi connectivity index (χ1) is 6.86. The maximum atomic E-state index is 3.05. The molecule has 4 N–H and O–H groups in total. The highest BCUT2D eigenvalue weighted by Crippen LogP contribution is 2.03. The minimum absolute atomic E-state index is 0.843. The molecule has 0 heterocycles. The van der Waals surface area contributed by atoms with Gasteiger partial charge in [-0.3, -0.25) is 21.7 Å². The number of benzene rings is 1. The van der Waals surface area contributed by atoms with Gasteiger partial charge in [0.1, 0.15) is 0 Å². The topological polar surface area (TPSA) is 48.1 Å². The molecule has 0 atom stereocenters. The van der Waals surface area contributed by atoms with E-state index in [1.165, 1.54) is 11.1 Å². The fraction of sp³-hybridized carbons (Fsp3) is 0.400. The van der Waals surface area contributed by atoms with E-state index in [0.29, 0.717) is 0 Å². The average Bonchev–Trinajstić information content (AvgIpc) is 2.25. The second-order valence-electron chi connectivity index (χ2n) is 3.02. The van der Waals surface area contributed by atoms with Gasteiger partial charge in [0, 0.05) is 13.1 Å². The molecule has 0 amide bonds. The molecule has 0 aliphatic carbocycles. The van der Waals surface area contributed by atoms with Gasteiger partial charge < -0.3 is 0 Å². The lowest BCUT2D eigenvalue weighted by Gasteiger charge is -2.05. The molecule has 0 aliphatic heterocycles. The number of hydrazine groups is 2. The molecule has 0 aliphatic rings. The van der Waals surface area contributed by atoms with Gasteiger partial charge in [-0.2, -0.15) is 0 Å². The third-order valence-corrected chi connectivity index (χ3v) is 1.96. The van der Waals surface area contributed by atoms with Gasteiger partial charge in [0.05, 0.1) is 0 Å². The quantitative estimate of drug-likeness (QED) is 0.486. The molecule has 1 aromatic rings. The predicted octanol–water partition coefficient (Wildman–Crippen LogP) is 0.135. The minimum atomic E-state index is 0.843. The molecule has 0 saturated heterocycles. The molecule has 1 aromatic carbocycles. The Balaban J connectivity index is 2.42. The summed E-state index contributed by atoms with van der Waals surface area (Å²) < 4.78 is 0. The first kappa shape index (κ1) is 11.1. The molecule has 4 heteroatoms. The van der Waals surface area contributed by atoms with Crippen molar-refractivity contribution in [2.75, 3.05) is 14.1 Å². The zero-order valence-electron chi connectivity index (χ0n) is 8.72. The number of hydrogen-bond acceptors (Lipinski definition) is 4. The van der Waals surface area contributed by atoms with Crippen LogP contribution in [0, 0.1) is 0 Å². The van der Waals surface area contributed by atoms with Crippen LogP contribution in [0.15, 0.2) is 24.3 Å². The molecule has 0 aromatic heterocycles. The van der Waals surface area contributed by atoms with E-state index in [2.05, 4.69) is 46.0 Å². The third-order valence-electron chi connectivity index (χ3n) is 1.96. The molecule has 0 spiro atoms. The molecule has 4 nitrogen and oxygen atoms in total. The summed E-state index contributed by atoms with van der Waals surface area (Å²) in [6.07, 6.45) is 0. The van der Waals surface area contributed by atoms with Crippen molar-refractivity contribution in [3.8, 4) is 0 Å². The SMILES string of the molecule is CNNCc1ccc(CNNC)cc1. The van der Waals surface area contributed by atoms with Gasteiger partial charge in [0.25, 0.3) is 0 Å². The highest BCUT2D eigenvalue weighted by molar-refractivity contribution is 5.22. The maximum absolute atomic E-state index is 3.05. The van der Waals surface area contributed by atoms with Crippen molar-refractivity contribution in [1.82, 2.24) is 21.7 Å². The summed E-state index contributed by atoms with van der Waals surface area (Å²) in [5, 5.41) is 0. The Morgan fingerprint density at radius 1 is 0.786 bits per heavy atom. The fourth-order valence-corrected chi connectivity index (χ4v) is 1.16. The summed E-state index contributed by atoms with van der Waals surface area (Å²) in [5.41, 5.74) is 14.4. The summed E-state index contributed by atoms with van der Waals surface area (Å²) in [5.74, 6) is 0. The first-order valence-corrected chi connectivity index (χ1v) is 4.74. The van der Waals surface area contributed by atoms with E-state index in [1.807, 2.05) is 14.1 Å². The monoisotopic (exact) mass is 194 g/mol. The Hall–Kier alpha value is -0.940. The van der Waals surface area contributed by atoms with E-state index in [4.69, 9.17) is 0 Å². The van der Waals surface area contributed by atoms with Crippen LogP contribution in [0.4, 0.5) is 0 Å². The van der Waals surface area contributed by atoms with E-state index >= 15 is 0 Å². The molecular weight excluding hydrogens is 176 g/mol. The van der Waals surface area contributed by atoms with Gasteiger partial charge in [-0.1, -0.05) is 24.3 Å². The normalized spacial score (nSPS) is 10.4. The summed E-state index contributed by atoms with van der Waals surface area (Å²) in [7, 11) is 3.73. The average molecular weight is 194 g/mol. The van der Waals surface area contributed by atoms with Crippen molar-refractivity contribution >= 4 is 0 Å². The lowest BCUT2D eigenvalue weighted by Crippen LogP contribution is -2.27. The van der Waals surface area contributed by atoms with E-state index in [-0.39, 0.29) is 0 Å². The number of nitrogens with one attached hydrogen (secondary N) is 4. The summed E-state index contributed by atoms with van der Waals surface area (Å²) in [6, 6.07) is 8.49. The van der Waals surface area contributed by atoms with Crippen LogP contribution in [-0.4, -0.2) is 14.1 Å². The maximum Gasteiger partial charge on any atom is 0.0350 e. The molecule has 14 heavy (non-hydrogen) atoms. The molecule has 0 radical (unpaired) electrons. The van der Waals surface area contributed by atoms with Gasteiger partial charge in [-0.05, 0) is 25.2 Å². The summed E-state index contributed by atoms with van der Waals surface area (Å²) in [6.45, 7) is 1.69. The fourth-order valence-electron chi connectivity index (χ4n) is 1.16. The lowest BCUT2D eigenvalue weighted by atomic mass is 10.1. The van der Waals surface area contributed by atoms with Gasteiger partial charge in [0.2, 0.25) is 0 Å². The van der Waals surface area contributed by atoms with E-state index in [9.17, 15) is 0 Å². The van der Waals surface area contributed by atoms with Crippen molar-refractivity contribution in [3.05, 3.63) is 35.4 Å². The zero-order valence-corrected chi connectivity index (χ0v) is 8.72. The highest BCUT2D eigenvalue weighted by atomic mass is 15.3. The molecule has 0 fully saturated rings. The van der Waals surface area contributed by atoms with Gasteiger partial charge in [-0.25, -0.2) is 0 Å². The minimum Gasteiger partial charge on any atom is -0.261 e. The van der Waals surface area contributed by atoms with Gasteiger partial charge in [0.15, 0.2) is 0 Å². The van der Waals surface area contributed by atoms with Gasteiger partial charge in [-0.15, -0.1) is 0 Å². The van der Waals surface area contributed by atoms with E-state index < -0.39 is 0 Å². The first-order valence-electron chi connectivity index (χ1n) is 4.74. The standard InChI is InChI=1S/C10H18N4/c1-11-13-7-9-3-5-10(6-4-9)8-14-12-2/h3-6,11-14H,7-8H2,1-2H3. The number of hydrogen-bond donors (Lipinski definition) is 4. The summed E-state index contributed by atoms with van der Waals surface area (Å²) >= 11 is 0. The smallest absolute Gasteiger partial charge is 0.0350 e. The highest BCUT2D eigenvalue weighted by Gasteiger charge is 1.93. The van der Waals surface area contributed by atoms with Crippen LogP contribution in [0.3, 0.4) is 0 Å². The van der Waals surface area contributed by atoms with Crippen LogP contribution in [0.1, 0.15) is 11.1 Å². The van der Waals surface area contributed by atoms with Crippen LogP contribution >= 0.6 is 0 Å². The predicted molar refractivity (Wildman–Crippen MR) is 58.2 cm³/mol. The van der Waals surface area contributed by atoms with Crippen LogP contribution in [0.25, 0.3) is 0 Å². The van der Waals surface area contributed by atoms with Crippen molar-refractivity contribution in [2.45, 2.75) is 13.1 Å². The molecule has 0 saturated carbocycles. The second kappa shape index (κ2) is 6.50. The molecule has 0 unspecified atom stereocenters. The van der Waals surface area contributed by atoms with Crippen LogP contribution < -0.4 is 21.7 Å². The number of rotatable bonds is 6. The van der Waals surface area contributed by atoms with E-state index in [0.717, 1.165) is 13.1 Å². The molecule has 78 valence electrons. The van der Waals surface area contributed by atoms with Crippen molar-refractivity contribution in [1.29, 1.82) is 0 Å². The Morgan fingerprint density at radius 2 is 1.14 bits per heavy atom. The second-order valence-corrected chi connectivity index (χ2v) is 3.02. The Labute approximate surface area is 85.0 Å². The van der Waals surface area contributed by atoms with Crippen molar-refractivity contribution < 1.29 is 0 Å². The van der Waals surface area contributed by atoms with E-state index in [1.54, 1.807) is 0 Å². The van der Waals surface area contributed by atoms with Crippen LogP contribution in [0.5, 0.6) is 0 Å². The lowest BCUT2D eigenvalue weighted by molar-refractivity contribution is 0.591. The van der Waals surface area contributed by atoms with Gasteiger partial charge >= 0.3 is 0 Å². The van der Waals surface area contributed by atoms with Crippen molar-refractivity contribution in [3.63, 3.8) is 0 Å². The Kier molecular flexibility index (Phi) is 5.17. The Morgan fingerprint density at radius 3 is 1.43 bits per heavy atom. The Bertz CT molecular complexity index is 218. The van der Waals surface area contributed by atoms with Crippen molar-refractivity contribution in [2.24, 2.45) is 0 Å². The van der Waals surface area contributed by atoms with Crippen LogP contribution in [-0.2, 0) is 13.1 Å². The zero-order chi connectivity index (χ0) is 10.2. The molecule has 1 rings (SSSR count). The molecular formula is C10H18N4. The summed E-state index contributed by atoms with van der Waals surface area (Å²) in [4.78, 5) is 0. The third kappa shape index (κ3) is 3.85. The largest absolute Gasteiger partial charge is 0.261 e.